The molecule has 0 aromatic heterocycles. The van der Waals surface area contributed by atoms with Crippen LogP contribution in [0.2, 0.25) is 0 Å². The summed E-state index contributed by atoms with van der Waals surface area (Å²) in [6, 6.07) is 0. The highest BCUT2D eigenvalue weighted by atomic mass is 127. The van der Waals surface area contributed by atoms with Crippen LogP contribution < -0.4 is 5.32 Å². The van der Waals surface area contributed by atoms with E-state index in [0.29, 0.717) is 6.61 Å². The average Bonchev–Trinajstić information content (AvgIpc) is 2.12. The van der Waals surface area contributed by atoms with Crippen molar-refractivity contribution in [2.45, 2.75) is 13.0 Å². The fourth-order valence-corrected chi connectivity index (χ4v) is 0.988. The zero-order chi connectivity index (χ0) is 10.1. The van der Waals surface area contributed by atoms with E-state index in [1.165, 1.54) is 7.05 Å². The zero-order valence-corrected chi connectivity index (χ0v) is 9.75. The van der Waals surface area contributed by atoms with Gasteiger partial charge in [0.05, 0.1) is 6.61 Å². The number of ether oxygens (including phenoxy) is 2. The highest BCUT2D eigenvalue weighted by Gasteiger charge is 1.99. The summed E-state index contributed by atoms with van der Waals surface area (Å²) in [6.07, 6.45) is -0.568. The molecule has 0 fully saturated rings. The quantitative estimate of drug-likeness (QED) is 0.481. The second-order valence-corrected chi connectivity index (χ2v) is 2.68. The second kappa shape index (κ2) is 8.13. The molecule has 0 saturated heterocycles. The molecule has 1 amide bonds. The molecule has 0 aromatic rings. The van der Waals surface area contributed by atoms with Gasteiger partial charge in [0.25, 0.3) is 0 Å². The van der Waals surface area contributed by atoms with Gasteiger partial charge in [0, 0.05) is 29.6 Å². The number of halogens is 1. The summed E-state index contributed by atoms with van der Waals surface area (Å²) in [5, 5.41) is 2.33. The minimum Gasteiger partial charge on any atom is -0.447 e. The van der Waals surface area contributed by atoms with Crippen LogP contribution in [0.5, 0.6) is 0 Å². The second-order valence-electron chi connectivity index (χ2n) is 2.14. The molecule has 0 radical (unpaired) electrons. The van der Waals surface area contributed by atoms with Crippen LogP contribution in [0, 0.1) is 9.85 Å². The number of carbonyl (C=O) groups is 1. The number of rotatable bonds is 4. The van der Waals surface area contributed by atoms with Gasteiger partial charge in [-0.1, -0.05) is 5.92 Å². The SMILES string of the molecule is CNC(=O)OCCOC(C)C#CI. The third kappa shape index (κ3) is 7.87. The lowest BCUT2D eigenvalue weighted by molar-refractivity contribution is 0.0558. The van der Waals surface area contributed by atoms with Gasteiger partial charge < -0.3 is 14.8 Å². The van der Waals surface area contributed by atoms with E-state index >= 15 is 0 Å². The van der Waals surface area contributed by atoms with Crippen LogP contribution in [0.4, 0.5) is 4.79 Å². The summed E-state index contributed by atoms with van der Waals surface area (Å²) in [5.74, 6) is 2.81. The Morgan fingerprint density at radius 2 is 2.31 bits per heavy atom. The number of amides is 1. The largest absolute Gasteiger partial charge is 0.447 e. The van der Waals surface area contributed by atoms with Crippen molar-refractivity contribution in [2.24, 2.45) is 0 Å². The van der Waals surface area contributed by atoms with E-state index in [-0.39, 0.29) is 12.7 Å². The van der Waals surface area contributed by atoms with Crippen LogP contribution in [0.1, 0.15) is 6.92 Å². The molecule has 5 heteroatoms. The van der Waals surface area contributed by atoms with E-state index in [2.05, 4.69) is 15.2 Å². The molecule has 0 aliphatic carbocycles. The van der Waals surface area contributed by atoms with Gasteiger partial charge in [-0.2, -0.15) is 0 Å². The van der Waals surface area contributed by atoms with Crippen molar-refractivity contribution in [2.75, 3.05) is 20.3 Å². The topological polar surface area (TPSA) is 47.6 Å². The minimum atomic E-state index is -0.448. The molecule has 4 nitrogen and oxygen atoms in total. The highest BCUT2D eigenvalue weighted by molar-refractivity contribution is 14.1. The molecule has 74 valence electrons. The zero-order valence-electron chi connectivity index (χ0n) is 7.59. The maximum Gasteiger partial charge on any atom is 0.406 e. The fraction of sp³-hybridized carbons (Fsp3) is 0.625. The van der Waals surface area contributed by atoms with Gasteiger partial charge in [-0.3, -0.25) is 0 Å². The van der Waals surface area contributed by atoms with E-state index in [1.807, 2.05) is 29.5 Å². The summed E-state index contributed by atoms with van der Waals surface area (Å²) in [5.41, 5.74) is 0. The van der Waals surface area contributed by atoms with Crippen LogP contribution in [0.3, 0.4) is 0 Å². The van der Waals surface area contributed by atoms with Crippen LogP contribution in [0.15, 0.2) is 0 Å². The fourth-order valence-electron chi connectivity index (χ4n) is 0.550. The molecule has 0 spiro atoms. The summed E-state index contributed by atoms with van der Waals surface area (Å²) in [7, 11) is 1.51. The van der Waals surface area contributed by atoms with E-state index in [4.69, 9.17) is 9.47 Å². The molecule has 1 N–H and O–H groups in total. The molecule has 0 bridgehead atoms. The standard InChI is InChI=1S/C8H12INO3/c1-7(3-4-9)12-5-6-13-8(11)10-2/h7H,5-6H2,1-2H3,(H,10,11). The Morgan fingerprint density at radius 1 is 1.62 bits per heavy atom. The molecule has 0 aliphatic rings. The Morgan fingerprint density at radius 3 is 2.85 bits per heavy atom. The van der Waals surface area contributed by atoms with E-state index in [0.717, 1.165) is 0 Å². The molecule has 0 saturated carbocycles. The lowest BCUT2D eigenvalue weighted by Gasteiger charge is -2.06. The Labute approximate surface area is 91.5 Å². The summed E-state index contributed by atoms with van der Waals surface area (Å²) in [6.45, 7) is 2.44. The van der Waals surface area contributed by atoms with Gasteiger partial charge in [0.1, 0.15) is 12.7 Å². The number of alkyl carbamates (subject to hydrolysis) is 1. The first-order chi connectivity index (χ1) is 6.20. The molecule has 0 aromatic carbocycles. The monoisotopic (exact) mass is 297 g/mol. The maximum atomic E-state index is 10.6. The van der Waals surface area contributed by atoms with Gasteiger partial charge >= 0.3 is 6.09 Å². The van der Waals surface area contributed by atoms with Crippen molar-refractivity contribution in [3.05, 3.63) is 0 Å². The van der Waals surface area contributed by atoms with E-state index < -0.39 is 6.09 Å². The summed E-state index contributed by atoms with van der Waals surface area (Å²) in [4.78, 5) is 10.6. The van der Waals surface area contributed by atoms with Crippen LogP contribution in [-0.2, 0) is 9.47 Å². The normalized spacial score (nSPS) is 11.0. The molecule has 1 unspecified atom stereocenters. The predicted molar refractivity (Wildman–Crippen MR) is 57.6 cm³/mol. The first-order valence-electron chi connectivity index (χ1n) is 3.78. The molecule has 1 atom stereocenters. The predicted octanol–water partition coefficient (Wildman–Crippen LogP) is 1.14. The van der Waals surface area contributed by atoms with Gasteiger partial charge in [-0.05, 0) is 10.9 Å². The molecular formula is C8H12INO3. The van der Waals surface area contributed by atoms with Gasteiger partial charge in [-0.15, -0.1) is 0 Å². The first kappa shape index (κ1) is 12.5. The van der Waals surface area contributed by atoms with Crippen LogP contribution in [0.25, 0.3) is 0 Å². The van der Waals surface area contributed by atoms with Crippen molar-refractivity contribution in [3.8, 4) is 9.85 Å². The Balaban J connectivity index is 3.33. The van der Waals surface area contributed by atoms with Gasteiger partial charge in [-0.25, -0.2) is 4.79 Å². The third-order valence-electron chi connectivity index (χ3n) is 1.15. The van der Waals surface area contributed by atoms with Crippen molar-refractivity contribution < 1.29 is 14.3 Å². The average molecular weight is 297 g/mol. The Bertz CT molecular complexity index is 209. The van der Waals surface area contributed by atoms with Crippen LogP contribution in [-0.4, -0.2) is 32.5 Å². The van der Waals surface area contributed by atoms with Crippen molar-refractivity contribution in [1.29, 1.82) is 0 Å². The van der Waals surface area contributed by atoms with Gasteiger partial charge in [0.15, 0.2) is 0 Å². The van der Waals surface area contributed by atoms with Crippen LogP contribution >= 0.6 is 22.6 Å². The summed E-state index contributed by atoms with van der Waals surface area (Å²) < 4.78 is 12.6. The number of hydrogen-bond acceptors (Lipinski definition) is 3. The highest BCUT2D eigenvalue weighted by Crippen LogP contribution is 1.89. The number of hydrogen-bond donors (Lipinski definition) is 1. The molecule has 0 rings (SSSR count). The number of carbonyl (C=O) groups excluding carboxylic acids is 1. The third-order valence-corrected chi connectivity index (χ3v) is 1.46. The minimum absolute atomic E-state index is 0.120. The Kier molecular flexibility index (Phi) is 7.83. The Hall–Kier alpha value is -0.480. The van der Waals surface area contributed by atoms with Crippen molar-refractivity contribution in [1.82, 2.24) is 5.32 Å². The molecule has 0 aliphatic heterocycles. The molecule has 0 heterocycles. The maximum absolute atomic E-state index is 10.6. The van der Waals surface area contributed by atoms with E-state index in [9.17, 15) is 4.79 Å². The lowest BCUT2D eigenvalue weighted by atomic mass is 10.4. The molecule has 13 heavy (non-hydrogen) atoms. The summed E-state index contributed by atoms with van der Waals surface area (Å²) >= 11 is 1.94. The lowest BCUT2D eigenvalue weighted by Crippen LogP contribution is -2.22. The van der Waals surface area contributed by atoms with E-state index in [1.54, 1.807) is 0 Å². The number of nitrogens with one attached hydrogen (secondary N) is 1. The van der Waals surface area contributed by atoms with Crippen molar-refractivity contribution in [3.63, 3.8) is 0 Å². The smallest absolute Gasteiger partial charge is 0.406 e. The van der Waals surface area contributed by atoms with Crippen molar-refractivity contribution >= 4 is 28.7 Å². The first-order valence-corrected chi connectivity index (χ1v) is 4.86. The molecular weight excluding hydrogens is 285 g/mol. The van der Waals surface area contributed by atoms with Gasteiger partial charge in [0.2, 0.25) is 0 Å².